The average Bonchev–Trinajstić information content (AvgIpc) is 2.73. The van der Waals surface area contributed by atoms with Crippen molar-refractivity contribution >= 4 is 23.5 Å². The molecule has 0 unspecified atom stereocenters. The van der Waals surface area contributed by atoms with Crippen LogP contribution in [-0.4, -0.2) is 33.9 Å². The molecule has 2 aromatic heterocycles. The minimum Gasteiger partial charge on any atom is -0.465 e. The molecule has 0 aliphatic rings. The topological polar surface area (TPSA) is 106 Å². The summed E-state index contributed by atoms with van der Waals surface area (Å²) in [6, 6.07) is 12.0. The van der Waals surface area contributed by atoms with Crippen molar-refractivity contribution in [1.82, 2.24) is 20.3 Å². The van der Waals surface area contributed by atoms with Gasteiger partial charge < -0.3 is 15.4 Å². The lowest BCUT2D eigenvalue weighted by molar-refractivity contribution is 0.0601. The van der Waals surface area contributed by atoms with Crippen molar-refractivity contribution in [3.63, 3.8) is 0 Å². The number of anilines is 2. The van der Waals surface area contributed by atoms with Crippen LogP contribution in [0.5, 0.6) is 0 Å². The van der Waals surface area contributed by atoms with Crippen molar-refractivity contribution in [3.05, 3.63) is 77.9 Å². The van der Waals surface area contributed by atoms with Gasteiger partial charge in [-0.25, -0.2) is 14.8 Å². The fraction of sp³-hybridized carbons (Fsp3) is 0.105. The number of aromatic nitrogens is 3. The number of nitrogens with one attached hydrogen (secondary N) is 2. The lowest BCUT2D eigenvalue weighted by Crippen LogP contribution is -2.24. The molecule has 0 fully saturated rings. The molecule has 0 spiro atoms. The molecule has 0 atom stereocenters. The Balaban J connectivity index is 1.72. The van der Waals surface area contributed by atoms with Gasteiger partial charge in [0.2, 0.25) is 5.95 Å². The van der Waals surface area contributed by atoms with Gasteiger partial charge >= 0.3 is 5.97 Å². The molecule has 2 N–H and O–H groups in total. The molecule has 1 aromatic carbocycles. The Labute approximate surface area is 155 Å². The fourth-order valence-electron chi connectivity index (χ4n) is 2.32. The van der Waals surface area contributed by atoms with Crippen molar-refractivity contribution in [3.8, 4) is 0 Å². The van der Waals surface area contributed by atoms with E-state index in [1.54, 1.807) is 36.7 Å². The second-order valence-corrected chi connectivity index (χ2v) is 5.47. The molecule has 0 bridgehead atoms. The molecular weight excluding hydrogens is 346 g/mol. The molecule has 0 aliphatic carbocycles. The van der Waals surface area contributed by atoms with E-state index < -0.39 is 5.97 Å². The Bertz CT molecular complexity index is 947. The maximum absolute atomic E-state index is 12.3. The number of nitrogens with zero attached hydrogens (tertiary/aromatic N) is 3. The number of rotatable bonds is 6. The third-order valence-electron chi connectivity index (χ3n) is 3.67. The van der Waals surface area contributed by atoms with Crippen LogP contribution in [0.15, 0.2) is 61.1 Å². The molecule has 0 radical (unpaired) electrons. The molecular formula is C19H17N5O3. The molecule has 8 heteroatoms. The van der Waals surface area contributed by atoms with Gasteiger partial charge in [-0.1, -0.05) is 12.1 Å². The predicted molar refractivity (Wildman–Crippen MR) is 98.5 cm³/mol. The van der Waals surface area contributed by atoms with Crippen LogP contribution in [0.2, 0.25) is 0 Å². The smallest absolute Gasteiger partial charge is 0.339 e. The van der Waals surface area contributed by atoms with Crippen molar-refractivity contribution in [1.29, 1.82) is 0 Å². The molecule has 0 aliphatic heterocycles. The first kappa shape index (κ1) is 18.0. The standard InChI is InChI=1S/C19H17N5O3/c1-27-18(26)14-4-2-3-5-15(14)23-19-21-11-8-16(24-19)17(25)22-12-13-6-9-20-10-7-13/h2-11H,12H2,1H3,(H,22,25)(H,21,23,24). The number of esters is 1. The number of pyridine rings is 1. The summed E-state index contributed by atoms with van der Waals surface area (Å²) in [7, 11) is 1.31. The zero-order chi connectivity index (χ0) is 19.1. The predicted octanol–water partition coefficient (Wildman–Crippen LogP) is 2.33. The maximum atomic E-state index is 12.3. The number of hydrogen-bond donors (Lipinski definition) is 2. The number of benzene rings is 1. The lowest BCUT2D eigenvalue weighted by Gasteiger charge is -2.10. The number of methoxy groups -OCH3 is 1. The first-order chi connectivity index (χ1) is 13.2. The zero-order valence-corrected chi connectivity index (χ0v) is 14.5. The van der Waals surface area contributed by atoms with Crippen molar-refractivity contribution in [2.45, 2.75) is 6.54 Å². The third-order valence-corrected chi connectivity index (χ3v) is 3.67. The largest absolute Gasteiger partial charge is 0.465 e. The summed E-state index contributed by atoms with van der Waals surface area (Å²) in [5.74, 6) is -0.620. The van der Waals surface area contributed by atoms with Gasteiger partial charge in [0.05, 0.1) is 18.4 Å². The van der Waals surface area contributed by atoms with Gasteiger partial charge in [0.25, 0.3) is 5.91 Å². The third kappa shape index (κ3) is 4.63. The molecule has 3 aromatic rings. The van der Waals surface area contributed by atoms with E-state index in [4.69, 9.17) is 4.74 Å². The zero-order valence-electron chi connectivity index (χ0n) is 14.5. The van der Waals surface area contributed by atoms with E-state index in [1.165, 1.54) is 19.4 Å². The second-order valence-electron chi connectivity index (χ2n) is 5.47. The molecule has 136 valence electrons. The second kappa shape index (κ2) is 8.52. The highest BCUT2D eigenvalue weighted by atomic mass is 16.5. The number of ether oxygens (including phenoxy) is 1. The Morgan fingerprint density at radius 1 is 1.04 bits per heavy atom. The fourth-order valence-corrected chi connectivity index (χ4v) is 2.32. The molecule has 0 saturated heterocycles. The normalized spacial score (nSPS) is 10.1. The number of amides is 1. The molecule has 0 saturated carbocycles. The van der Waals surface area contributed by atoms with E-state index in [1.807, 2.05) is 12.1 Å². The molecule has 27 heavy (non-hydrogen) atoms. The van der Waals surface area contributed by atoms with E-state index >= 15 is 0 Å². The van der Waals surface area contributed by atoms with Gasteiger partial charge in [0.15, 0.2) is 0 Å². The number of para-hydroxylation sites is 1. The number of hydrogen-bond acceptors (Lipinski definition) is 7. The Morgan fingerprint density at radius 3 is 2.59 bits per heavy atom. The molecule has 2 heterocycles. The van der Waals surface area contributed by atoms with Crippen LogP contribution in [0, 0.1) is 0 Å². The molecule has 3 rings (SSSR count). The average molecular weight is 363 g/mol. The van der Waals surface area contributed by atoms with E-state index in [0.29, 0.717) is 17.8 Å². The van der Waals surface area contributed by atoms with E-state index in [-0.39, 0.29) is 17.5 Å². The Kier molecular flexibility index (Phi) is 5.68. The van der Waals surface area contributed by atoms with Gasteiger partial charge in [-0.05, 0) is 35.9 Å². The van der Waals surface area contributed by atoms with Crippen LogP contribution in [0.3, 0.4) is 0 Å². The Hall–Kier alpha value is -3.81. The first-order valence-corrected chi connectivity index (χ1v) is 8.12. The molecule has 8 nitrogen and oxygen atoms in total. The van der Waals surface area contributed by atoms with Crippen molar-refractivity contribution in [2.24, 2.45) is 0 Å². The summed E-state index contributed by atoms with van der Waals surface area (Å²) < 4.78 is 4.76. The minimum atomic E-state index is -0.482. The lowest BCUT2D eigenvalue weighted by atomic mass is 10.2. The first-order valence-electron chi connectivity index (χ1n) is 8.12. The summed E-state index contributed by atoms with van der Waals surface area (Å²) in [5.41, 5.74) is 1.96. The minimum absolute atomic E-state index is 0.197. The SMILES string of the molecule is COC(=O)c1ccccc1Nc1nccc(C(=O)NCc2ccncc2)n1. The monoisotopic (exact) mass is 363 g/mol. The van der Waals surface area contributed by atoms with Gasteiger partial charge in [-0.15, -0.1) is 0 Å². The van der Waals surface area contributed by atoms with Gasteiger partial charge in [-0.3, -0.25) is 9.78 Å². The summed E-state index contributed by atoms with van der Waals surface area (Å²) in [6.07, 6.45) is 4.79. The summed E-state index contributed by atoms with van der Waals surface area (Å²) in [6.45, 7) is 0.360. The highest BCUT2D eigenvalue weighted by molar-refractivity contribution is 5.96. The van der Waals surface area contributed by atoms with Crippen LogP contribution in [0.4, 0.5) is 11.6 Å². The summed E-state index contributed by atoms with van der Waals surface area (Å²) >= 11 is 0. The van der Waals surface area contributed by atoms with Crippen LogP contribution < -0.4 is 10.6 Å². The van der Waals surface area contributed by atoms with Gasteiger partial charge in [-0.2, -0.15) is 0 Å². The van der Waals surface area contributed by atoms with Crippen LogP contribution in [0.25, 0.3) is 0 Å². The number of carbonyl (C=O) groups is 2. The van der Waals surface area contributed by atoms with E-state index in [0.717, 1.165) is 5.56 Å². The van der Waals surface area contributed by atoms with Gasteiger partial charge in [0, 0.05) is 25.1 Å². The van der Waals surface area contributed by atoms with E-state index in [2.05, 4.69) is 25.6 Å². The van der Waals surface area contributed by atoms with Crippen molar-refractivity contribution in [2.75, 3.05) is 12.4 Å². The molecule has 1 amide bonds. The summed E-state index contributed by atoms with van der Waals surface area (Å²) in [5, 5.41) is 5.73. The maximum Gasteiger partial charge on any atom is 0.339 e. The van der Waals surface area contributed by atoms with Crippen LogP contribution in [0.1, 0.15) is 26.4 Å². The van der Waals surface area contributed by atoms with Crippen LogP contribution in [-0.2, 0) is 11.3 Å². The van der Waals surface area contributed by atoms with E-state index in [9.17, 15) is 9.59 Å². The van der Waals surface area contributed by atoms with Gasteiger partial charge in [0.1, 0.15) is 5.69 Å². The number of carbonyl (C=O) groups excluding carboxylic acids is 2. The quantitative estimate of drug-likeness (QED) is 0.647. The Morgan fingerprint density at radius 2 is 1.81 bits per heavy atom. The summed E-state index contributed by atoms with van der Waals surface area (Å²) in [4.78, 5) is 36.4. The van der Waals surface area contributed by atoms with Crippen molar-refractivity contribution < 1.29 is 14.3 Å². The highest BCUT2D eigenvalue weighted by Gasteiger charge is 2.13. The highest BCUT2D eigenvalue weighted by Crippen LogP contribution is 2.19. The van der Waals surface area contributed by atoms with Crippen LogP contribution >= 0.6 is 0 Å².